The molecule has 1 atom stereocenters. The molecule has 134 valence electrons. The number of aromatic nitrogens is 2. The van der Waals surface area contributed by atoms with Gasteiger partial charge in [-0.25, -0.2) is 4.98 Å². The number of thioether (sulfide) groups is 1. The van der Waals surface area contributed by atoms with Crippen molar-refractivity contribution in [2.24, 2.45) is 5.92 Å². The highest BCUT2D eigenvalue weighted by molar-refractivity contribution is 7.99. The number of rotatable bonds is 10. The maximum atomic E-state index is 11.5. The van der Waals surface area contributed by atoms with Crippen LogP contribution in [0.5, 0.6) is 0 Å². The van der Waals surface area contributed by atoms with Crippen molar-refractivity contribution >= 4 is 29.3 Å². The number of nitrogens with one attached hydrogen (secondary N) is 1. The molecular formula is C19H23ClN2O2S. The average molecular weight is 379 g/mol. The molecule has 0 spiro atoms. The Kier molecular flexibility index (Phi) is 7.59. The second kappa shape index (κ2) is 9.68. The lowest BCUT2D eigenvalue weighted by atomic mass is 9.97. The van der Waals surface area contributed by atoms with Gasteiger partial charge in [0.1, 0.15) is 0 Å². The zero-order valence-corrected chi connectivity index (χ0v) is 15.9. The Morgan fingerprint density at radius 3 is 2.88 bits per heavy atom. The van der Waals surface area contributed by atoms with Crippen LogP contribution in [0.4, 0.5) is 0 Å². The second-order valence-electron chi connectivity index (χ2n) is 5.85. The van der Waals surface area contributed by atoms with E-state index in [2.05, 4.69) is 23.5 Å². The third-order valence-electron chi connectivity index (χ3n) is 3.85. The molecule has 0 amide bonds. The van der Waals surface area contributed by atoms with Crippen LogP contribution in [0.2, 0.25) is 5.02 Å². The first-order chi connectivity index (χ1) is 12.0. The highest BCUT2D eigenvalue weighted by Crippen LogP contribution is 2.25. The van der Waals surface area contributed by atoms with E-state index in [0.717, 1.165) is 34.3 Å². The SMILES string of the molecule is C=CCC(Cc1nc(SCCC)[nH]c1Cc1ccccc1Cl)C(=O)O. The van der Waals surface area contributed by atoms with E-state index in [4.69, 9.17) is 11.6 Å². The normalized spacial score (nSPS) is 12.1. The number of carbonyl (C=O) groups is 1. The molecule has 1 unspecified atom stereocenters. The Balaban J connectivity index is 2.28. The number of H-pyrrole nitrogens is 1. The summed E-state index contributed by atoms with van der Waals surface area (Å²) < 4.78 is 0. The van der Waals surface area contributed by atoms with Crippen LogP contribution in [-0.4, -0.2) is 26.8 Å². The second-order valence-corrected chi connectivity index (χ2v) is 7.34. The molecule has 6 heteroatoms. The summed E-state index contributed by atoms with van der Waals surface area (Å²) in [5, 5.41) is 11.0. The van der Waals surface area contributed by atoms with E-state index < -0.39 is 11.9 Å². The maximum absolute atomic E-state index is 11.5. The number of hydrogen-bond acceptors (Lipinski definition) is 3. The molecule has 25 heavy (non-hydrogen) atoms. The van der Waals surface area contributed by atoms with Gasteiger partial charge in [-0.15, -0.1) is 6.58 Å². The summed E-state index contributed by atoms with van der Waals surface area (Å²) in [5.74, 6) is -0.378. The molecule has 0 radical (unpaired) electrons. The highest BCUT2D eigenvalue weighted by atomic mass is 35.5. The Morgan fingerprint density at radius 1 is 1.48 bits per heavy atom. The van der Waals surface area contributed by atoms with Gasteiger partial charge in [0.25, 0.3) is 0 Å². The molecule has 2 N–H and O–H groups in total. The molecule has 0 fully saturated rings. The zero-order chi connectivity index (χ0) is 18.2. The number of halogens is 1. The quantitative estimate of drug-likeness (QED) is 0.452. The summed E-state index contributed by atoms with van der Waals surface area (Å²) in [5.41, 5.74) is 2.73. The Hall–Kier alpha value is -1.72. The smallest absolute Gasteiger partial charge is 0.307 e. The first-order valence-electron chi connectivity index (χ1n) is 8.32. The van der Waals surface area contributed by atoms with E-state index in [1.165, 1.54) is 0 Å². The first kappa shape index (κ1) is 19.6. The fourth-order valence-electron chi connectivity index (χ4n) is 2.54. The van der Waals surface area contributed by atoms with E-state index in [9.17, 15) is 9.90 Å². The summed E-state index contributed by atoms with van der Waals surface area (Å²) in [7, 11) is 0. The number of aromatic amines is 1. The van der Waals surface area contributed by atoms with Gasteiger partial charge >= 0.3 is 5.97 Å². The van der Waals surface area contributed by atoms with Crippen LogP contribution in [0.3, 0.4) is 0 Å². The fourth-order valence-corrected chi connectivity index (χ4v) is 3.51. The van der Waals surface area contributed by atoms with Gasteiger partial charge in [0.2, 0.25) is 0 Å². The molecule has 0 aliphatic rings. The first-order valence-corrected chi connectivity index (χ1v) is 9.69. The van der Waals surface area contributed by atoms with Gasteiger partial charge in [-0.1, -0.05) is 54.6 Å². The molecule has 0 bridgehead atoms. The number of allylic oxidation sites excluding steroid dienone is 1. The molecule has 1 aromatic carbocycles. The van der Waals surface area contributed by atoms with Crippen LogP contribution in [0.1, 0.15) is 36.7 Å². The molecule has 1 heterocycles. The van der Waals surface area contributed by atoms with Crippen LogP contribution in [-0.2, 0) is 17.6 Å². The van der Waals surface area contributed by atoms with Crippen molar-refractivity contribution in [2.75, 3.05) is 5.75 Å². The van der Waals surface area contributed by atoms with Crippen molar-refractivity contribution in [2.45, 2.75) is 37.8 Å². The van der Waals surface area contributed by atoms with Crippen molar-refractivity contribution in [3.05, 3.63) is 58.9 Å². The molecule has 0 aliphatic heterocycles. The third kappa shape index (κ3) is 5.65. The average Bonchev–Trinajstić information content (AvgIpc) is 2.96. The summed E-state index contributed by atoms with van der Waals surface area (Å²) in [6.07, 6.45) is 4.10. The Bertz CT molecular complexity index is 730. The number of aliphatic carboxylic acids is 1. The largest absolute Gasteiger partial charge is 0.481 e. The standard InChI is InChI=1S/C19H23ClN2O2S/c1-3-7-14(18(23)24)12-17-16(21-19(22-17)25-10-4-2)11-13-8-5-6-9-15(13)20/h3,5-6,8-9,14H,1,4,7,10-12H2,2H3,(H,21,22)(H,23,24). The summed E-state index contributed by atoms with van der Waals surface area (Å²) in [6, 6.07) is 7.68. The predicted octanol–water partition coefficient (Wildman–Crippen LogP) is 4.98. The van der Waals surface area contributed by atoms with Crippen LogP contribution >= 0.6 is 23.4 Å². The van der Waals surface area contributed by atoms with Gasteiger partial charge in [0.15, 0.2) is 5.16 Å². The van der Waals surface area contributed by atoms with E-state index in [-0.39, 0.29) is 0 Å². The number of imidazole rings is 1. The minimum Gasteiger partial charge on any atom is -0.481 e. The number of hydrogen-bond donors (Lipinski definition) is 2. The minimum absolute atomic E-state index is 0.379. The molecular weight excluding hydrogens is 356 g/mol. The number of carboxylic acids is 1. The molecule has 2 aromatic rings. The summed E-state index contributed by atoms with van der Waals surface area (Å²) in [4.78, 5) is 19.5. The van der Waals surface area contributed by atoms with Gasteiger partial charge < -0.3 is 10.1 Å². The lowest BCUT2D eigenvalue weighted by molar-refractivity contribution is -0.141. The van der Waals surface area contributed by atoms with Gasteiger partial charge in [0, 0.05) is 29.3 Å². The van der Waals surface area contributed by atoms with Crippen molar-refractivity contribution in [1.82, 2.24) is 9.97 Å². The molecule has 0 saturated carbocycles. The van der Waals surface area contributed by atoms with Crippen molar-refractivity contribution in [3.8, 4) is 0 Å². The van der Waals surface area contributed by atoms with Gasteiger partial charge in [0.05, 0.1) is 11.6 Å². The number of benzene rings is 1. The molecule has 2 rings (SSSR count). The van der Waals surface area contributed by atoms with Gasteiger partial charge in [-0.05, 0) is 24.5 Å². The molecule has 0 aliphatic carbocycles. The molecule has 4 nitrogen and oxygen atoms in total. The van der Waals surface area contributed by atoms with Crippen LogP contribution in [0.25, 0.3) is 0 Å². The number of nitrogens with zero attached hydrogens (tertiary/aromatic N) is 1. The van der Waals surface area contributed by atoms with Crippen molar-refractivity contribution in [1.29, 1.82) is 0 Å². The predicted molar refractivity (Wildman–Crippen MR) is 104 cm³/mol. The van der Waals surface area contributed by atoms with E-state index in [0.29, 0.717) is 24.3 Å². The zero-order valence-electron chi connectivity index (χ0n) is 14.3. The third-order valence-corrected chi connectivity index (χ3v) is 5.30. The number of carboxylic acid groups (broad SMARTS) is 1. The lowest BCUT2D eigenvalue weighted by Gasteiger charge is -2.10. The van der Waals surface area contributed by atoms with Crippen LogP contribution in [0.15, 0.2) is 42.1 Å². The monoisotopic (exact) mass is 378 g/mol. The Morgan fingerprint density at radius 2 is 2.24 bits per heavy atom. The summed E-state index contributed by atoms with van der Waals surface area (Å²) >= 11 is 7.93. The molecule has 0 saturated heterocycles. The van der Waals surface area contributed by atoms with Crippen molar-refractivity contribution < 1.29 is 9.90 Å². The topological polar surface area (TPSA) is 66.0 Å². The van der Waals surface area contributed by atoms with E-state index in [1.807, 2.05) is 24.3 Å². The van der Waals surface area contributed by atoms with Gasteiger partial charge in [-0.2, -0.15) is 0 Å². The molecule has 1 aromatic heterocycles. The summed E-state index contributed by atoms with van der Waals surface area (Å²) in [6.45, 7) is 5.78. The van der Waals surface area contributed by atoms with E-state index in [1.54, 1.807) is 17.8 Å². The Labute approximate surface area is 157 Å². The van der Waals surface area contributed by atoms with Crippen LogP contribution < -0.4 is 0 Å². The highest BCUT2D eigenvalue weighted by Gasteiger charge is 2.21. The van der Waals surface area contributed by atoms with Gasteiger partial charge in [-0.3, -0.25) is 4.79 Å². The van der Waals surface area contributed by atoms with E-state index >= 15 is 0 Å². The fraction of sp³-hybridized carbons (Fsp3) is 0.368. The van der Waals surface area contributed by atoms with Crippen LogP contribution in [0, 0.1) is 5.92 Å². The maximum Gasteiger partial charge on any atom is 0.307 e. The van der Waals surface area contributed by atoms with Crippen molar-refractivity contribution in [3.63, 3.8) is 0 Å². The minimum atomic E-state index is -0.825. The lowest BCUT2D eigenvalue weighted by Crippen LogP contribution is -2.16.